The van der Waals surface area contributed by atoms with Crippen LogP contribution in [0.25, 0.3) is 0 Å². The molecule has 2 saturated heterocycles. The van der Waals surface area contributed by atoms with Crippen LogP contribution in [0.1, 0.15) is 42.5 Å². The Morgan fingerprint density at radius 1 is 1.43 bits per heavy atom. The fraction of sp³-hybridized carbons (Fsp3) is 0.600. The summed E-state index contributed by atoms with van der Waals surface area (Å²) in [5.41, 5.74) is 6.04. The Morgan fingerprint density at radius 2 is 2.10 bits per heavy atom. The maximum atomic E-state index is 12.3. The van der Waals surface area contributed by atoms with E-state index in [-0.39, 0.29) is 17.8 Å². The molecule has 6 heteroatoms. The van der Waals surface area contributed by atoms with E-state index in [1.165, 1.54) is 25.5 Å². The normalized spacial score (nSPS) is 29.1. The number of piperidine rings is 2. The molecule has 5 nitrogen and oxygen atoms in total. The number of nitrogen functional groups attached to an aromatic ring is 1. The molecule has 114 valence electrons. The molecule has 1 aromatic rings. The molecule has 1 aromatic heterocycles. The molecular formula is C15H21ClN4O. The van der Waals surface area contributed by atoms with Gasteiger partial charge >= 0.3 is 0 Å². The van der Waals surface area contributed by atoms with E-state index in [4.69, 9.17) is 17.3 Å². The van der Waals surface area contributed by atoms with E-state index >= 15 is 0 Å². The van der Waals surface area contributed by atoms with Crippen LogP contribution in [0, 0.1) is 0 Å². The molecule has 0 aliphatic carbocycles. The number of rotatable bonds is 2. The van der Waals surface area contributed by atoms with E-state index in [0.717, 1.165) is 12.8 Å². The van der Waals surface area contributed by atoms with Gasteiger partial charge in [-0.25, -0.2) is 4.98 Å². The highest BCUT2D eigenvalue weighted by atomic mass is 35.5. The third kappa shape index (κ3) is 2.99. The predicted molar refractivity (Wildman–Crippen MR) is 83.3 cm³/mol. The molecule has 2 aliphatic heterocycles. The van der Waals surface area contributed by atoms with Gasteiger partial charge in [0.25, 0.3) is 5.91 Å². The van der Waals surface area contributed by atoms with Gasteiger partial charge in [0.1, 0.15) is 5.82 Å². The zero-order valence-corrected chi connectivity index (χ0v) is 12.9. The quantitative estimate of drug-likeness (QED) is 0.877. The average Bonchev–Trinajstić information content (AvgIpc) is 2.43. The smallest absolute Gasteiger partial charge is 0.253 e. The van der Waals surface area contributed by atoms with Gasteiger partial charge in [0.15, 0.2) is 0 Å². The lowest BCUT2D eigenvalue weighted by Gasteiger charge is -2.47. The number of nitrogens with one attached hydrogen (secondary N) is 1. The second-order valence-corrected chi connectivity index (χ2v) is 6.54. The summed E-state index contributed by atoms with van der Waals surface area (Å²) in [6.07, 6.45) is 7.29. The van der Waals surface area contributed by atoms with Crippen molar-refractivity contribution >= 4 is 23.3 Å². The van der Waals surface area contributed by atoms with E-state index in [1.54, 1.807) is 6.07 Å². The molecule has 3 heterocycles. The number of carbonyl (C=O) groups is 1. The van der Waals surface area contributed by atoms with Gasteiger partial charge in [-0.1, -0.05) is 18.0 Å². The summed E-state index contributed by atoms with van der Waals surface area (Å²) in [4.78, 5) is 18.7. The highest BCUT2D eigenvalue weighted by Crippen LogP contribution is 2.32. The minimum atomic E-state index is -0.114. The zero-order chi connectivity index (χ0) is 15.0. The van der Waals surface area contributed by atoms with Gasteiger partial charge in [-0.05, 0) is 38.8 Å². The maximum absolute atomic E-state index is 12.3. The third-order valence-electron chi connectivity index (χ3n) is 4.81. The number of anilines is 1. The molecule has 3 N–H and O–H groups in total. The van der Waals surface area contributed by atoms with Crippen LogP contribution in [0.15, 0.2) is 12.3 Å². The van der Waals surface area contributed by atoms with Crippen LogP contribution >= 0.6 is 11.6 Å². The maximum Gasteiger partial charge on any atom is 0.253 e. The van der Waals surface area contributed by atoms with Crippen LogP contribution in [-0.2, 0) is 0 Å². The Morgan fingerprint density at radius 3 is 2.71 bits per heavy atom. The van der Waals surface area contributed by atoms with Gasteiger partial charge in [-0.2, -0.15) is 0 Å². The molecular weight excluding hydrogens is 288 g/mol. The molecule has 0 aromatic carbocycles. The summed E-state index contributed by atoms with van der Waals surface area (Å²) in [5, 5.41) is 3.45. The van der Waals surface area contributed by atoms with Crippen LogP contribution in [0.2, 0.25) is 5.02 Å². The zero-order valence-electron chi connectivity index (χ0n) is 12.2. The first kappa shape index (κ1) is 14.6. The molecule has 0 spiro atoms. The Bertz CT molecular complexity index is 536. The number of hydrogen-bond acceptors (Lipinski definition) is 4. The molecule has 2 aliphatic rings. The molecule has 3 rings (SSSR count). The van der Waals surface area contributed by atoms with Crippen LogP contribution in [0.5, 0.6) is 0 Å². The Balaban J connectivity index is 1.66. The molecule has 2 fully saturated rings. The summed E-state index contributed by atoms with van der Waals surface area (Å²) in [5.74, 6) is 0.138. The van der Waals surface area contributed by atoms with Crippen molar-refractivity contribution in [2.45, 2.75) is 50.2 Å². The van der Waals surface area contributed by atoms with E-state index in [2.05, 4.69) is 22.2 Å². The van der Waals surface area contributed by atoms with E-state index in [1.807, 2.05) is 0 Å². The topological polar surface area (TPSA) is 71.2 Å². The van der Waals surface area contributed by atoms with E-state index in [9.17, 15) is 4.79 Å². The van der Waals surface area contributed by atoms with Crippen molar-refractivity contribution in [3.63, 3.8) is 0 Å². The monoisotopic (exact) mass is 308 g/mol. The molecule has 2 unspecified atom stereocenters. The number of nitrogens with two attached hydrogens (primary N) is 1. The van der Waals surface area contributed by atoms with Crippen LogP contribution < -0.4 is 11.1 Å². The standard InChI is InChI=1S/C15H21ClN4O/c1-20-11-3-2-4-12(20)7-10(6-11)19-15(21)9-5-13(16)14(17)18-8-9/h5,8,10-12H,2-4,6-7H2,1H3,(H2,17,18)(H,19,21). The lowest BCUT2D eigenvalue weighted by atomic mass is 9.82. The highest BCUT2D eigenvalue weighted by Gasteiger charge is 2.36. The van der Waals surface area contributed by atoms with Gasteiger partial charge in [0.2, 0.25) is 0 Å². The van der Waals surface area contributed by atoms with E-state index < -0.39 is 0 Å². The summed E-state index contributed by atoms with van der Waals surface area (Å²) in [6, 6.07) is 3.00. The number of nitrogens with zero attached hydrogens (tertiary/aromatic N) is 2. The van der Waals surface area contributed by atoms with Crippen LogP contribution in [-0.4, -0.2) is 41.0 Å². The number of amides is 1. The van der Waals surface area contributed by atoms with Crippen molar-refractivity contribution in [2.24, 2.45) is 0 Å². The van der Waals surface area contributed by atoms with Gasteiger partial charge in [-0.3, -0.25) is 4.79 Å². The number of halogens is 1. The Kier molecular flexibility index (Phi) is 4.04. The SMILES string of the molecule is CN1C2CCCC1CC(NC(=O)c1cnc(N)c(Cl)c1)C2. The van der Waals surface area contributed by atoms with Crippen molar-refractivity contribution in [1.29, 1.82) is 0 Å². The summed E-state index contributed by atoms with van der Waals surface area (Å²) in [6.45, 7) is 0. The summed E-state index contributed by atoms with van der Waals surface area (Å²) < 4.78 is 0. The Labute approximate surface area is 129 Å². The van der Waals surface area contributed by atoms with E-state index in [0.29, 0.717) is 22.7 Å². The first-order chi connectivity index (χ1) is 10.0. The largest absolute Gasteiger partial charge is 0.382 e. The van der Waals surface area contributed by atoms with Gasteiger partial charge in [0.05, 0.1) is 10.6 Å². The molecule has 21 heavy (non-hydrogen) atoms. The lowest BCUT2D eigenvalue weighted by molar-refractivity contribution is 0.0463. The lowest BCUT2D eigenvalue weighted by Crippen LogP contribution is -2.55. The number of pyridine rings is 1. The van der Waals surface area contributed by atoms with Gasteiger partial charge < -0.3 is 16.0 Å². The van der Waals surface area contributed by atoms with Gasteiger partial charge in [-0.15, -0.1) is 0 Å². The number of carbonyl (C=O) groups excluding carboxylic acids is 1. The number of fused-ring (bicyclic) bond motifs is 2. The Hall–Kier alpha value is -1.33. The first-order valence-corrected chi connectivity index (χ1v) is 7.86. The molecule has 1 amide bonds. The molecule has 2 atom stereocenters. The van der Waals surface area contributed by atoms with Crippen LogP contribution in [0.3, 0.4) is 0 Å². The fourth-order valence-electron chi connectivity index (χ4n) is 3.58. The minimum absolute atomic E-state index is 0.114. The third-order valence-corrected chi connectivity index (χ3v) is 5.11. The van der Waals surface area contributed by atoms with Crippen molar-refractivity contribution in [2.75, 3.05) is 12.8 Å². The molecule has 0 radical (unpaired) electrons. The fourth-order valence-corrected chi connectivity index (χ4v) is 3.74. The van der Waals surface area contributed by atoms with Crippen molar-refractivity contribution in [1.82, 2.24) is 15.2 Å². The summed E-state index contributed by atoms with van der Waals surface area (Å²) in [7, 11) is 2.20. The van der Waals surface area contributed by atoms with Crippen LogP contribution in [0.4, 0.5) is 5.82 Å². The molecule has 2 bridgehead atoms. The van der Waals surface area contributed by atoms with Crippen molar-refractivity contribution < 1.29 is 4.79 Å². The second kappa shape index (κ2) is 5.81. The summed E-state index contributed by atoms with van der Waals surface area (Å²) >= 11 is 5.92. The van der Waals surface area contributed by atoms with Crippen molar-refractivity contribution in [3.05, 3.63) is 22.8 Å². The first-order valence-electron chi connectivity index (χ1n) is 7.48. The average molecular weight is 309 g/mol. The number of hydrogen-bond donors (Lipinski definition) is 2. The minimum Gasteiger partial charge on any atom is -0.382 e. The predicted octanol–water partition coefficient (Wildman–Crippen LogP) is 2.06. The van der Waals surface area contributed by atoms with Crippen molar-refractivity contribution in [3.8, 4) is 0 Å². The van der Waals surface area contributed by atoms with Gasteiger partial charge in [0, 0.05) is 24.3 Å². The highest BCUT2D eigenvalue weighted by molar-refractivity contribution is 6.33. The molecule has 0 saturated carbocycles. The second-order valence-electron chi connectivity index (χ2n) is 6.14. The number of aromatic nitrogens is 1.